The summed E-state index contributed by atoms with van der Waals surface area (Å²) in [6.07, 6.45) is 2.67. The van der Waals surface area contributed by atoms with Crippen LogP contribution in [0, 0.1) is 23.1 Å². The molecule has 1 N–H and O–H groups in total. The number of halogens is 3. The Hall–Kier alpha value is -4.08. The lowest BCUT2D eigenvalue weighted by Gasteiger charge is -2.38. The molecule has 0 bridgehead atoms. The van der Waals surface area contributed by atoms with Crippen molar-refractivity contribution in [3.63, 3.8) is 0 Å². The van der Waals surface area contributed by atoms with E-state index in [-0.39, 0.29) is 58.7 Å². The number of ether oxygens (including phenoxy) is 2. The van der Waals surface area contributed by atoms with Gasteiger partial charge in [-0.05, 0) is 79.4 Å². The van der Waals surface area contributed by atoms with Crippen LogP contribution < -0.4 is 14.4 Å². The van der Waals surface area contributed by atoms with E-state index in [0.29, 0.717) is 58.1 Å². The van der Waals surface area contributed by atoms with Gasteiger partial charge in [-0.1, -0.05) is 53.5 Å². The van der Waals surface area contributed by atoms with Crippen molar-refractivity contribution in [1.29, 1.82) is 0 Å². The fraction of sp³-hybridized carbons (Fsp3) is 0.548. The van der Waals surface area contributed by atoms with Crippen molar-refractivity contribution in [2.45, 2.75) is 121 Å². The van der Waals surface area contributed by atoms with E-state index in [1.165, 1.54) is 18.2 Å². The van der Waals surface area contributed by atoms with Gasteiger partial charge in [-0.15, -0.1) is 5.54 Å². The maximum absolute atomic E-state index is 17.5. The Balaban J connectivity index is 1.34. The second kappa shape index (κ2) is 13.6. The zero-order valence-corrected chi connectivity index (χ0v) is 33.3. The van der Waals surface area contributed by atoms with Gasteiger partial charge < -0.3 is 19.5 Å². The van der Waals surface area contributed by atoms with Gasteiger partial charge in [0.2, 0.25) is 5.88 Å². The van der Waals surface area contributed by atoms with E-state index < -0.39 is 31.4 Å². The molecule has 2 aromatic heterocycles. The molecule has 12 heteroatoms. The summed E-state index contributed by atoms with van der Waals surface area (Å²) < 4.78 is 61.1. The highest BCUT2D eigenvalue weighted by molar-refractivity contribution is 6.90. The molecule has 4 aliphatic rings. The summed E-state index contributed by atoms with van der Waals surface area (Å²) in [7, 11) is -2.30. The predicted octanol–water partition coefficient (Wildman–Crippen LogP) is 9.10. The molecule has 0 unspecified atom stereocenters. The van der Waals surface area contributed by atoms with Gasteiger partial charge in [0.15, 0.2) is 5.82 Å². The van der Waals surface area contributed by atoms with Gasteiger partial charge in [0, 0.05) is 30.5 Å². The van der Waals surface area contributed by atoms with Crippen LogP contribution in [0.15, 0.2) is 24.3 Å². The average Bonchev–Trinajstić information content (AvgIpc) is 3.81. The lowest BCUT2D eigenvalue weighted by Crippen LogP contribution is -2.43. The Kier molecular flexibility index (Phi) is 9.28. The van der Waals surface area contributed by atoms with Gasteiger partial charge in [-0.25, -0.2) is 18.2 Å². The number of pyridine rings is 1. The summed E-state index contributed by atoms with van der Waals surface area (Å²) in [6, 6.07) is 5.82. The zero-order chi connectivity index (χ0) is 38.3. The number of alkyl halides is 1. The van der Waals surface area contributed by atoms with E-state index in [4.69, 9.17) is 19.4 Å². The minimum atomic E-state index is -2.30. The molecular formula is C42H50F3N5O3Si. The number of benzene rings is 2. The molecule has 0 saturated carbocycles. The number of hydrogen-bond acceptors (Lipinski definition) is 8. The Bertz CT molecular complexity index is 2180. The van der Waals surface area contributed by atoms with Crippen LogP contribution in [0.3, 0.4) is 0 Å². The molecular weight excluding hydrogens is 708 g/mol. The van der Waals surface area contributed by atoms with Crippen LogP contribution in [-0.4, -0.2) is 83.1 Å². The van der Waals surface area contributed by atoms with E-state index in [1.807, 2.05) is 6.92 Å². The first-order valence-electron chi connectivity index (χ1n) is 19.6. The number of nitrogens with zero attached hydrogens (tertiary/aromatic N) is 5. The first-order chi connectivity index (χ1) is 25.7. The fourth-order valence-electron chi connectivity index (χ4n) is 10.4. The molecule has 4 aliphatic heterocycles. The molecule has 3 fully saturated rings. The molecule has 0 amide bonds. The lowest BCUT2D eigenvalue weighted by atomic mass is 9.95. The zero-order valence-electron chi connectivity index (χ0n) is 32.3. The minimum Gasteiger partial charge on any atom is -0.508 e. The van der Waals surface area contributed by atoms with Crippen molar-refractivity contribution < 1.29 is 27.8 Å². The van der Waals surface area contributed by atoms with E-state index in [0.717, 1.165) is 32.2 Å². The highest BCUT2D eigenvalue weighted by atomic mass is 28.3. The van der Waals surface area contributed by atoms with Crippen molar-refractivity contribution in [2.24, 2.45) is 0 Å². The van der Waals surface area contributed by atoms with Gasteiger partial charge in [0.1, 0.15) is 60.9 Å². The van der Waals surface area contributed by atoms with Crippen molar-refractivity contribution in [2.75, 3.05) is 31.1 Å². The van der Waals surface area contributed by atoms with Crippen molar-refractivity contribution in [3.8, 4) is 40.4 Å². The number of phenolic OH excluding ortho intramolecular Hbond substituents is 1. The average molecular weight is 758 g/mol. The van der Waals surface area contributed by atoms with Crippen molar-refractivity contribution in [1.82, 2.24) is 19.9 Å². The maximum atomic E-state index is 17.5. The first kappa shape index (κ1) is 36.9. The van der Waals surface area contributed by atoms with E-state index in [1.54, 1.807) is 6.07 Å². The molecule has 4 aromatic rings. The standard InChI is InChI=1S/C42H50F3N5O3Si/c1-23(2)54(24(3)4,25(5)6)17-13-30-32(44)12-11-27-18-29(51)19-31(34(27)30)37-36(45)38-35-39(50-16-8-10-33(50)26(7)53-40(35)46-37)48-41(47-38)52-22-42-14-9-15-49(42)21-28(43)20-42/h11-12,18-19,23-26,28,33,51H,8-10,14-16,20-22H2,1-7H3/t26-,28+,33-,42-/m0/s1. The summed E-state index contributed by atoms with van der Waals surface area (Å²) >= 11 is 0. The number of phenols is 1. The topological polar surface area (TPSA) is 83.8 Å². The molecule has 0 radical (unpaired) electrons. The molecule has 4 atom stereocenters. The fourth-order valence-corrected chi connectivity index (χ4v) is 15.6. The van der Waals surface area contributed by atoms with Crippen LogP contribution in [0.1, 0.15) is 86.1 Å². The van der Waals surface area contributed by atoms with Gasteiger partial charge in [0.05, 0.1) is 17.1 Å². The van der Waals surface area contributed by atoms with E-state index in [9.17, 15) is 9.50 Å². The van der Waals surface area contributed by atoms with Gasteiger partial charge in [-0.3, -0.25) is 4.90 Å². The third kappa shape index (κ3) is 5.79. The summed E-state index contributed by atoms with van der Waals surface area (Å²) in [5.74, 6) is 2.50. The largest absolute Gasteiger partial charge is 0.508 e. The number of rotatable bonds is 7. The molecule has 3 saturated heterocycles. The highest BCUT2D eigenvalue weighted by Gasteiger charge is 2.50. The molecule has 2 aromatic carbocycles. The van der Waals surface area contributed by atoms with E-state index in [2.05, 4.69) is 67.8 Å². The highest BCUT2D eigenvalue weighted by Crippen LogP contribution is 2.47. The maximum Gasteiger partial charge on any atom is 0.319 e. The monoisotopic (exact) mass is 757 g/mol. The Morgan fingerprint density at radius 2 is 1.78 bits per heavy atom. The number of anilines is 1. The second-order valence-electron chi connectivity index (χ2n) is 16.9. The molecule has 0 aliphatic carbocycles. The first-order valence-corrected chi connectivity index (χ1v) is 21.8. The van der Waals surface area contributed by atoms with Crippen LogP contribution >= 0.6 is 0 Å². The lowest BCUT2D eigenvalue weighted by molar-refractivity contribution is 0.107. The smallest absolute Gasteiger partial charge is 0.319 e. The molecule has 286 valence electrons. The van der Waals surface area contributed by atoms with Gasteiger partial charge in [0.25, 0.3) is 0 Å². The predicted molar refractivity (Wildman–Crippen MR) is 209 cm³/mol. The summed E-state index contributed by atoms with van der Waals surface area (Å²) in [6.45, 7) is 17.2. The number of aromatic hydroxyl groups is 1. The summed E-state index contributed by atoms with van der Waals surface area (Å²) in [5.41, 5.74) is 4.25. The van der Waals surface area contributed by atoms with Crippen LogP contribution in [0.5, 0.6) is 17.6 Å². The third-order valence-electron chi connectivity index (χ3n) is 12.9. The van der Waals surface area contributed by atoms with Crippen molar-refractivity contribution in [3.05, 3.63) is 41.5 Å². The number of aromatic nitrogens is 3. The summed E-state index contributed by atoms with van der Waals surface area (Å²) in [4.78, 5) is 18.7. The molecule has 8 nitrogen and oxygen atoms in total. The van der Waals surface area contributed by atoms with Gasteiger partial charge >= 0.3 is 6.01 Å². The van der Waals surface area contributed by atoms with Crippen LogP contribution in [-0.2, 0) is 0 Å². The quantitative estimate of drug-likeness (QED) is 0.148. The molecule has 0 spiro atoms. The van der Waals surface area contributed by atoms with Crippen LogP contribution in [0.2, 0.25) is 16.6 Å². The third-order valence-corrected chi connectivity index (χ3v) is 19.2. The normalized spacial score (nSPS) is 23.9. The number of fused-ring (bicyclic) bond motifs is 4. The molecule has 8 rings (SSSR count). The van der Waals surface area contributed by atoms with Crippen LogP contribution in [0.25, 0.3) is 32.9 Å². The molecule has 6 heterocycles. The van der Waals surface area contributed by atoms with Crippen LogP contribution in [0.4, 0.5) is 19.0 Å². The van der Waals surface area contributed by atoms with E-state index >= 15 is 8.78 Å². The Morgan fingerprint density at radius 3 is 2.52 bits per heavy atom. The second-order valence-corrected chi connectivity index (χ2v) is 22.5. The Labute approximate surface area is 316 Å². The number of hydrogen-bond donors (Lipinski definition) is 1. The van der Waals surface area contributed by atoms with Crippen molar-refractivity contribution >= 4 is 35.6 Å². The Morgan fingerprint density at radius 1 is 1.02 bits per heavy atom. The van der Waals surface area contributed by atoms with Gasteiger partial charge in [-0.2, -0.15) is 9.97 Å². The summed E-state index contributed by atoms with van der Waals surface area (Å²) in [5, 5.41) is 12.2. The SMILES string of the molecule is CC(C)[Si](C#Cc1c(F)ccc2cc(O)cc(-c3nc4c5c(nc(OC[C@@]67CCCN6C[C@H](F)C7)nc5c3F)N3CCC[C@H]3[C@H](C)O4)c12)(C(C)C)C(C)C. The molecule has 54 heavy (non-hydrogen) atoms. The minimum absolute atomic E-state index is 0.000965.